The molecular formula is C14H29N. The molecule has 0 bridgehead atoms. The maximum Gasteiger partial charge on any atom is 0.0127 e. The minimum atomic E-state index is 0.344. The molecule has 0 aliphatic carbocycles. The molecule has 0 amide bonds. The maximum absolute atomic E-state index is 2.72. The molecule has 1 unspecified atom stereocenters. The Bertz CT molecular complexity index is 194. The van der Waals surface area contributed by atoms with Crippen LogP contribution in [0.3, 0.4) is 0 Å². The van der Waals surface area contributed by atoms with E-state index in [2.05, 4.69) is 46.4 Å². The van der Waals surface area contributed by atoms with Crippen LogP contribution in [0.1, 0.15) is 67.2 Å². The number of piperidine rings is 1. The molecule has 1 aliphatic rings. The van der Waals surface area contributed by atoms with E-state index in [1.54, 1.807) is 0 Å². The molecule has 0 aromatic rings. The van der Waals surface area contributed by atoms with Gasteiger partial charge in [-0.15, -0.1) is 0 Å². The average molecular weight is 211 g/mol. The normalized spacial score (nSPS) is 25.6. The van der Waals surface area contributed by atoms with E-state index in [1.165, 1.54) is 32.2 Å². The lowest BCUT2D eigenvalue weighted by Crippen LogP contribution is -2.51. The standard InChI is InChI=1S/C14H29N/c1-13(2,3)11-12-9-7-8-10-15(12)14(4,5)6/h12H,7-11H2,1-6H3. The third kappa shape index (κ3) is 4.14. The molecule has 0 radical (unpaired) electrons. The van der Waals surface area contributed by atoms with Crippen molar-refractivity contribution in [2.24, 2.45) is 5.41 Å². The molecule has 0 spiro atoms. The molecule has 1 atom stereocenters. The van der Waals surface area contributed by atoms with Gasteiger partial charge in [-0.2, -0.15) is 0 Å². The molecule has 0 aromatic heterocycles. The molecular weight excluding hydrogens is 182 g/mol. The number of rotatable bonds is 1. The van der Waals surface area contributed by atoms with Crippen LogP contribution in [-0.2, 0) is 0 Å². The van der Waals surface area contributed by atoms with E-state index in [-0.39, 0.29) is 0 Å². The topological polar surface area (TPSA) is 3.24 Å². The molecule has 0 saturated carbocycles. The smallest absolute Gasteiger partial charge is 0.0127 e. The third-order valence-electron chi connectivity index (χ3n) is 3.34. The van der Waals surface area contributed by atoms with Gasteiger partial charge in [0.05, 0.1) is 0 Å². The van der Waals surface area contributed by atoms with E-state index in [0.717, 1.165) is 6.04 Å². The SMILES string of the molecule is CC(C)(C)CC1CCCCN1C(C)(C)C. The number of hydrogen-bond acceptors (Lipinski definition) is 1. The fraction of sp³-hybridized carbons (Fsp3) is 1.00. The first kappa shape index (κ1) is 13.0. The largest absolute Gasteiger partial charge is 0.296 e. The predicted molar refractivity (Wildman–Crippen MR) is 68.2 cm³/mol. The van der Waals surface area contributed by atoms with Gasteiger partial charge in [0, 0.05) is 11.6 Å². The van der Waals surface area contributed by atoms with Crippen molar-refractivity contribution in [2.45, 2.75) is 78.8 Å². The second kappa shape index (κ2) is 4.45. The Hall–Kier alpha value is -0.0400. The molecule has 1 heterocycles. The summed E-state index contributed by atoms with van der Waals surface area (Å²) in [4.78, 5) is 2.72. The summed E-state index contributed by atoms with van der Waals surface area (Å²) in [7, 11) is 0. The molecule has 90 valence electrons. The average Bonchev–Trinajstić information content (AvgIpc) is 1.99. The van der Waals surface area contributed by atoms with Gasteiger partial charge in [0.1, 0.15) is 0 Å². The van der Waals surface area contributed by atoms with E-state index in [4.69, 9.17) is 0 Å². The second-order valence-corrected chi connectivity index (χ2v) is 7.28. The highest BCUT2D eigenvalue weighted by atomic mass is 15.2. The highest BCUT2D eigenvalue weighted by Gasteiger charge is 2.33. The molecule has 1 fully saturated rings. The zero-order chi connectivity index (χ0) is 11.7. The van der Waals surface area contributed by atoms with Crippen molar-refractivity contribution in [3.63, 3.8) is 0 Å². The summed E-state index contributed by atoms with van der Waals surface area (Å²) in [6.45, 7) is 15.5. The number of hydrogen-bond donors (Lipinski definition) is 0. The van der Waals surface area contributed by atoms with Crippen molar-refractivity contribution in [3.8, 4) is 0 Å². The Morgan fingerprint density at radius 1 is 1.00 bits per heavy atom. The van der Waals surface area contributed by atoms with Gasteiger partial charge >= 0.3 is 0 Å². The monoisotopic (exact) mass is 211 g/mol. The maximum atomic E-state index is 2.72. The van der Waals surface area contributed by atoms with Crippen LogP contribution in [0.25, 0.3) is 0 Å². The van der Waals surface area contributed by atoms with Gasteiger partial charge in [0.2, 0.25) is 0 Å². The molecule has 0 aromatic carbocycles. The van der Waals surface area contributed by atoms with E-state index in [0.29, 0.717) is 11.0 Å². The zero-order valence-corrected chi connectivity index (χ0v) is 11.6. The fourth-order valence-corrected chi connectivity index (χ4v) is 2.80. The summed E-state index contributed by atoms with van der Waals surface area (Å²) in [6, 6.07) is 0.804. The first-order valence-electron chi connectivity index (χ1n) is 6.47. The fourth-order valence-electron chi connectivity index (χ4n) is 2.80. The van der Waals surface area contributed by atoms with Gasteiger partial charge in [-0.3, -0.25) is 4.90 Å². The molecule has 0 N–H and O–H groups in total. The number of nitrogens with zero attached hydrogens (tertiary/aromatic N) is 1. The van der Waals surface area contributed by atoms with Crippen LogP contribution in [0.15, 0.2) is 0 Å². The summed E-state index contributed by atoms with van der Waals surface area (Å²) in [5.41, 5.74) is 0.807. The highest BCUT2D eigenvalue weighted by molar-refractivity contribution is 4.88. The molecule has 1 rings (SSSR count). The Morgan fingerprint density at radius 2 is 1.60 bits per heavy atom. The lowest BCUT2D eigenvalue weighted by molar-refractivity contribution is 0.0306. The van der Waals surface area contributed by atoms with Crippen LogP contribution in [0.4, 0.5) is 0 Å². The van der Waals surface area contributed by atoms with Crippen LogP contribution in [0, 0.1) is 5.41 Å². The van der Waals surface area contributed by atoms with Gasteiger partial charge < -0.3 is 0 Å². The summed E-state index contributed by atoms with van der Waals surface area (Å²) in [5, 5.41) is 0. The third-order valence-corrected chi connectivity index (χ3v) is 3.34. The van der Waals surface area contributed by atoms with Gasteiger partial charge in [-0.1, -0.05) is 27.2 Å². The summed E-state index contributed by atoms with van der Waals surface area (Å²) < 4.78 is 0. The minimum Gasteiger partial charge on any atom is -0.296 e. The van der Waals surface area contributed by atoms with Crippen LogP contribution in [0.2, 0.25) is 0 Å². The molecule has 1 nitrogen and oxygen atoms in total. The summed E-state index contributed by atoms with van der Waals surface area (Å²) in [6.07, 6.45) is 5.55. The quantitative estimate of drug-likeness (QED) is 0.632. The Labute approximate surface area is 96.2 Å². The molecule has 1 saturated heterocycles. The van der Waals surface area contributed by atoms with Gasteiger partial charge in [0.15, 0.2) is 0 Å². The lowest BCUT2D eigenvalue weighted by Gasteiger charge is -2.46. The van der Waals surface area contributed by atoms with Crippen LogP contribution in [-0.4, -0.2) is 23.0 Å². The Kier molecular flexibility index (Phi) is 3.86. The van der Waals surface area contributed by atoms with Crippen LogP contribution >= 0.6 is 0 Å². The first-order valence-corrected chi connectivity index (χ1v) is 6.47. The number of likely N-dealkylation sites (tertiary alicyclic amines) is 1. The first-order chi connectivity index (χ1) is 6.70. The predicted octanol–water partition coefficient (Wildman–Crippen LogP) is 4.08. The molecule has 15 heavy (non-hydrogen) atoms. The van der Waals surface area contributed by atoms with Gasteiger partial charge in [-0.05, 0) is 52.0 Å². The van der Waals surface area contributed by atoms with E-state index < -0.39 is 0 Å². The van der Waals surface area contributed by atoms with Crippen LogP contribution < -0.4 is 0 Å². The second-order valence-electron chi connectivity index (χ2n) is 7.28. The van der Waals surface area contributed by atoms with Crippen molar-refractivity contribution < 1.29 is 0 Å². The van der Waals surface area contributed by atoms with Gasteiger partial charge in [0.25, 0.3) is 0 Å². The van der Waals surface area contributed by atoms with Crippen molar-refractivity contribution in [1.29, 1.82) is 0 Å². The van der Waals surface area contributed by atoms with Crippen molar-refractivity contribution >= 4 is 0 Å². The Balaban J connectivity index is 2.66. The zero-order valence-electron chi connectivity index (χ0n) is 11.6. The van der Waals surface area contributed by atoms with Crippen molar-refractivity contribution in [2.75, 3.05) is 6.54 Å². The highest BCUT2D eigenvalue weighted by Crippen LogP contribution is 2.33. The Morgan fingerprint density at radius 3 is 2.07 bits per heavy atom. The summed E-state index contributed by atoms with van der Waals surface area (Å²) >= 11 is 0. The van der Waals surface area contributed by atoms with E-state index >= 15 is 0 Å². The lowest BCUT2D eigenvalue weighted by atomic mass is 9.82. The molecule has 1 aliphatic heterocycles. The van der Waals surface area contributed by atoms with E-state index in [1.807, 2.05) is 0 Å². The van der Waals surface area contributed by atoms with Crippen LogP contribution in [0.5, 0.6) is 0 Å². The molecule has 1 heteroatoms. The van der Waals surface area contributed by atoms with Crippen molar-refractivity contribution in [1.82, 2.24) is 4.90 Å². The van der Waals surface area contributed by atoms with Gasteiger partial charge in [-0.25, -0.2) is 0 Å². The summed E-state index contributed by atoms with van der Waals surface area (Å²) in [5.74, 6) is 0. The minimum absolute atomic E-state index is 0.344. The van der Waals surface area contributed by atoms with E-state index in [9.17, 15) is 0 Å². The van der Waals surface area contributed by atoms with Crippen molar-refractivity contribution in [3.05, 3.63) is 0 Å².